The van der Waals surface area contributed by atoms with Crippen LogP contribution in [0.1, 0.15) is 140 Å². The van der Waals surface area contributed by atoms with Gasteiger partial charge in [0.1, 0.15) is 35.8 Å². The molecule has 3 fully saturated rings. The fourth-order valence-corrected chi connectivity index (χ4v) is 15.3. The highest BCUT2D eigenvalue weighted by Gasteiger charge is 2.41. The summed E-state index contributed by atoms with van der Waals surface area (Å²) in [6.45, 7) is 22.5. The molecule has 0 amide bonds. The minimum absolute atomic E-state index is 0.108. The Bertz CT molecular complexity index is 5530. The lowest BCUT2D eigenvalue weighted by Crippen LogP contribution is -2.44. The SMILES string of the molecule is CCn1c(=O)n(CCCO)c(=O)c2c1nc(-c1ccc(OC3CC(C)C3)nc1C)n2Cc1ccccc1.CCn1c(=O)n(CCCO)c(=O)c2c1nc(-c1ccc(OC3CC(C)C3)nc1C)n2Cc1ccccc1.CCn1c(=O)n(CCCO)c(=O)c2c1nc(-c1ccc(OC3CCC3(C)C)nc1C)n2Cc1ccccc1. The number of aryl methyl sites for hydroxylation is 6. The smallest absolute Gasteiger partial charge is 0.332 e. The Balaban J connectivity index is 0.000000147. The number of aliphatic hydroxyl groups is 3. The molecule has 1 unspecified atom stereocenters. The Morgan fingerprint density at radius 1 is 0.393 bits per heavy atom. The topological polar surface area (TPSA) is 313 Å². The molecule has 588 valence electrons. The summed E-state index contributed by atoms with van der Waals surface area (Å²) in [6, 6.07) is 40.9. The largest absolute Gasteiger partial charge is 0.474 e. The van der Waals surface area contributed by atoms with Gasteiger partial charge in [0.25, 0.3) is 16.7 Å². The second kappa shape index (κ2) is 34.2. The van der Waals surface area contributed by atoms with Crippen molar-refractivity contribution in [1.82, 2.24) is 71.0 Å². The predicted octanol–water partition coefficient (Wildman–Crippen LogP) is 10.5. The number of nitrogens with zero attached hydrogens (tertiary/aromatic N) is 15. The molecule has 9 aromatic heterocycles. The second-order valence-electron chi connectivity index (χ2n) is 30.3. The number of ether oxygens (including phenoxy) is 3. The lowest BCUT2D eigenvalue weighted by Gasteiger charge is -2.43. The van der Waals surface area contributed by atoms with Crippen LogP contribution < -0.4 is 48.0 Å². The van der Waals surface area contributed by atoms with Crippen LogP contribution in [-0.2, 0) is 58.9 Å². The van der Waals surface area contributed by atoms with Crippen LogP contribution in [0.4, 0.5) is 0 Å². The van der Waals surface area contributed by atoms with Gasteiger partial charge in [0, 0.05) is 119 Å². The minimum atomic E-state index is -0.420. The molecule has 0 spiro atoms. The fraction of sp³-hybridized carbons (Fsp3) is 0.435. The van der Waals surface area contributed by atoms with E-state index in [1.165, 1.54) is 27.4 Å². The van der Waals surface area contributed by atoms with E-state index >= 15 is 0 Å². The van der Waals surface area contributed by atoms with Crippen molar-refractivity contribution < 1.29 is 29.5 Å². The molecule has 0 bridgehead atoms. The van der Waals surface area contributed by atoms with Crippen molar-refractivity contribution in [3.63, 3.8) is 0 Å². The lowest BCUT2D eigenvalue weighted by atomic mass is 9.69. The molecule has 3 N–H and O–H groups in total. The van der Waals surface area contributed by atoms with Gasteiger partial charge in [-0.25, -0.2) is 44.3 Å². The molecule has 112 heavy (non-hydrogen) atoms. The highest BCUT2D eigenvalue weighted by atomic mass is 16.5. The molecule has 0 aliphatic heterocycles. The van der Waals surface area contributed by atoms with Crippen LogP contribution >= 0.6 is 0 Å². The van der Waals surface area contributed by atoms with Gasteiger partial charge in [-0.05, 0) is 146 Å². The first-order valence-corrected chi connectivity index (χ1v) is 39.2. The molecule has 12 aromatic rings. The highest BCUT2D eigenvalue weighted by molar-refractivity contribution is 5.80. The van der Waals surface area contributed by atoms with Crippen molar-refractivity contribution in [2.45, 2.75) is 204 Å². The Hall–Kier alpha value is -11.2. The van der Waals surface area contributed by atoms with E-state index in [0.29, 0.717) is 139 Å². The Labute approximate surface area is 647 Å². The standard InChI is InChI=1S/C29H35N5O4.2C28H33N5O4/c1-5-32-26-24(27(36)33(28(32)37)16-9-17-35)34(18-20-10-7-6-8-11-20)25(31-26)21-12-13-23(30-19(21)2)38-22-14-15-29(22,3)4;2*1-4-31-26-24(27(35)32(28(31)36)13-8-14-34)33(17-20-9-6-5-7-10-20)25(30-26)22-11-12-23(29-19(22)3)37-21-15-18(2)16-21/h6-8,10-13,22,35H,5,9,14-18H2,1-4H3;2*5-7,9-12,18,21,34H,4,8,13-17H2,1-3H3. The second-order valence-corrected chi connectivity index (χ2v) is 30.3. The van der Waals surface area contributed by atoms with Gasteiger partial charge in [0.05, 0.1) is 17.1 Å². The predicted molar refractivity (Wildman–Crippen MR) is 430 cm³/mol. The Morgan fingerprint density at radius 3 is 0.929 bits per heavy atom. The molecule has 0 saturated heterocycles. The molecule has 9 heterocycles. The molecule has 27 nitrogen and oxygen atoms in total. The van der Waals surface area contributed by atoms with E-state index in [4.69, 9.17) is 44.1 Å². The number of aliphatic hydroxyl groups excluding tert-OH is 3. The van der Waals surface area contributed by atoms with E-state index in [1.54, 1.807) is 0 Å². The molecule has 3 aliphatic carbocycles. The van der Waals surface area contributed by atoms with E-state index < -0.39 is 33.7 Å². The zero-order valence-electron chi connectivity index (χ0n) is 65.6. The van der Waals surface area contributed by atoms with E-state index in [2.05, 4.69) is 27.7 Å². The summed E-state index contributed by atoms with van der Waals surface area (Å²) in [5.74, 6) is 4.83. The van der Waals surface area contributed by atoms with Crippen LogP contribution in [0, 0.1) is 38.0 Å². The van der Waals surface area contributed by atoms with Gasteiger partial charge in [-0.2, -0.15) is 0 Å². The minimum Gasteiger partial charge on any atom is -0.474 e. The molecule has 3 saturated carbocycles. The molecular weight excluding hydrogens is 1420 g/mol. The number of imidazole rings is 3. The zero-order valence-corrected chi connectivity index (χ0v) is 65.6. The molecule has 3 aliphatic rings. The van der Waals surface area contributed by atoms with Crippen molar-refractivity contribution in [2.24, 2.45) is 17.3 Å². The molecular formula is C85H101N15O12. The average molecular weight is 1520 g/mol. The van der Waals surface area contributed by atoms with Gasteiger partial charge in [0.15, 0.2) is 33.5 Å². The first-order valence-electron chi connectivity index (χ1n) is 39.2. The first kappa shape index (κ1) is 78.9. The van der Waals surface area contributed by atoms with Gasteiger partial charge < -0.3 is 43.2 Å². The third-order valence-electron chi connectivity index (χ3n) is 21.8. The maximum atomic E-state index is 13.7. The molecule has 1 atom stereocenters. The Morgan fingerprint density at radius 2 is 0.688 bits per heavy atom. The highest BCUT2D eigenvalue weighted by Crippen LogP contribution is 2.43. The zero-order chi connectivity index (χ0) is 79.2. The van der Waals surface area contributed by atoms with Gasteiger partial charge in [-0.1, -0.05) is 119 Å². The third-order valence-corrected chi connectivity index (χ3v) is 21.8. The molecule has 3 aromatic carbocycles. The number of pyridine rings is 3. The van der Waals surface area contributed by atoms with Crippen LogP contribution in [-0.4, -0.2) is 124 Å². The van der Waals surface area contributed by atoms with Gasteiger partial charge in [-0.3, -0.25) is 41.8 Å². The summed E-state index contributed by atoms with van der Waals surface area (Å²) in [5.41, 5.74) is 7.34. The van der Waals surface area contributed by atoms with Gasteiger partial charge in [0.2, 0.25) is 17.6 Å². The number of rotatable bonds is 27. The van der Waals surface area contributed by atoms with Crippen molar-refractivity contribution in [2.75, 3.05) is 19.8 Å². The average Bonchev–Trinajstić information content (AvgIpc) is 1.59. The van der Waals surface area contributed by atoms with Crippen molar-refractivity contribution in [3.05, 3.63) is 224 Å². The number of fused-ring (bicyclic) bond motifs is 3. The Kier molecular flexibility index (Phi) is 24.1. The fourth-order valence-electron chi connectivity index (χ4n) is 15.3. The van der Waals surface area contributed by atoms with E-state index in [1.807, 2.05) is 183 Å². The molecule has 27 heteroatoms. The first-order chi connectivity index (χ1) is 54.1. The van der Waals surface area contributed by atoms with Crippen molar-refractivity contribution >= 4 is 33.5 Å². The van der Waals surface area contributed by atoms with Gasteiger partial charge in [-0.15, -0.1) is 0 Å². The number of hydrogen-bond donors (Lipinski definition) is 3. The number of hydrogen-bond acceptors (Lipinski definition) is 18. The van der Waals surface area contributed by atoms with E-state index in [-0.39, 0.29) is 63.2 Å². The van der Waals surface area contributed by atoms with Crippen LogP contribution in [0.25, 0.3) is 67.7 Å². The summed E-state index contributed by atoms with van der Waals surface area (Å²) in [6.07, 6.45) is 7.76. The maximum absolute atomic E-state index is 13.7. The summed E-state index contributed by atoms with van der Waals surface area (Å²) in [4.78, 5) is 109. The van der Waals surface area contributed by atoms with E-state index in [0.717, 1.165) is 89.0 Å². The summed E-state index contributed by atoms with van der Waals surface area (Å²) >= 11 is 0. The summed E-state index contributed by atoms with van der Waals surface area (Å²) < 4.78 is 32.1. The monoisotopic (exact) mass is 1520 g/mol. The number of aromatic nitrogens is 15. The van der Waals surface area contributed by atoms with Gasteiger partial charge >= 0.3 is 17.1 Å². The maximum Gasteiger partial charge on any atom is 0.332 e. The normalized spacial score (nSPS) is 17.0. The van der Waals surface area contributed by atoms with Crippen molar-refractivity contribution in [1.29, 1.82) is 0 Å². The molecule has 0 radical (unpaired) electrons. The van der Waals surface area contributed by atoms with E-state index in [9.17, 15) is 44.1 Å². The summed E-state index contributed by atoms with van der Waals surface area (Å²) in [5, 5.41) is 28.0. The number of benzene rings is 3. The van der Waals surface area contributed by atoms with Crippen LogP contribution in [0.5, 0.6) is 17.6 Å². The van der Waals surface area contributed by atoms with Crippen molar-refractivity contribution in [3.8, 4) is 51.8 Å². The third kappa shape index (κ3) is 16.2. The summed E-state index contributed by atoms with van der Waals surface area (Å²) in [7, 11) is 0. The quantitative estimate of drug-likeness (QED) is 0.0431. The van der Waals surface area contributed by atoms with Crippen LogP contribution in [0.2, 0.25) is 0 Å². The van der Waals surface area contributed by atoms with Crippen LogP contribution in [0.3, 0.4) is 0 Å². The molecule has 15 rings (SSSR count). The van der Waals surface area contributed by atoms with Crippen LogP contribution in [0.15, 0.2) is 156 Å². The lowest BCUT2D eigenvalue weighted by molar-refractivity contribution is -0.0213.